The third-order valence-electron chi connectivity index (χ3n) is 11.1. The summed E-state index contributed by atoms with van der Waals surface area (Å²) in [5.74, 6) is -0.278. The van der Waals surface area contributed by atoms with Crippen molar-refractivity contribution in [2.24, 2.45) is 27.7 Å². The monoisotopic (exact) mass is 854 g/mol. The molecule has 3 unspecified atom stereocenters. The molecule has 8 atom stereocenters. The highest BCUT2D eigenvalue weighted by atomic mass is 32.2. The van der Waals surface area contributed by atoms with Crippen molar-refractivity contribution in [1.82, 2.24) is 36.5 Å². The number of rotatable bonds is 11. The van der Waals surface area contributed by atoms with Gasteiger partial charge in [-0.3, -0.25) is 29.5 Å². The minimum atomic E-state index is -1.12. The summed E-state index contributed by atoms with van der Waals surface area (Å²) in [6.07, 6.45) is 3.04. The molecule has 0 radical (unpaired) electrons. The molecule has 58 heavy (non-hydrogen) atoms. The van der Waals surface area contributed by atoms with Crippen LogP contribution in [0.4, 0.5) is 4.79 Å². The van der Waals surface area contributed by atoms with Crippen molar-refractivity contribution in [3.8, 4) is 0 Å². The number of amidine groups is 1. The molecule has 0 aliphatic carbocycles. The first-order valence-corrected chi connectivity index (χ1v) is 23.3. The number of carbonyl (C=O) groups is 5. The van der Waals surface area contributed by atoms with Gasteiger partial charge < -0.3 is 26.2 Å². The van der Waals surface area contributed by atoms with Crippen LogP contribution in [0.15, 0.2) is 46.9 Å². The van der Waals surface area contributed by atoms with Crippen molar-refractivity contribution in [1.29, 1.82) is 0 Å². The fourth-order valence-electron chi connectivity index (χ4n) is 7.64. The lowest BCUT2D eigenvalue weighted by Crippen LogP contribution is -2.60. The van der Waals surface area contributed by atoms with E-state index in [1.807, 2.05) is 128 Å². The highest BCUT2D eigenvalue weighted by Gasteiger charge is 2.45. The molecule has 1 aromatic carbocycles. The molecule has 3 saturated heterocycles. The van der Waals surface area contributed by atoms with E-state index in [-0.39, 0.29) is 35.5 Å². The quantitative estimate of drug-likeness (QED) is 0.191. The average Bonchev–Trinajstić information content (AvgIpc) is 3.95. The van der Waals surface area contributed by atoms with Crippen LogP contribution in [0.5, 0.6) is 0 Å². The van der Waals surface area contributed by atoms with E-state index in [0.717, 1.165) is 22.1 Å². The van der Waals surface area contributed by atoms with Crippen LogP contribution in [0.3, 0.4) is 0 Å². The smallest absolute Gasteiger partial charge is 0.323 e. The van der Waals surface area contributed by atoms with Gasteiger partial charge in [0.1, 0.15) is 35.0 Å². The normalized spacial score (nSPS) is 25.2. The molecule has 318 valence electrons. The summed E-state index contributed by atoms with van der Waals surface area (Å²) >= 11 is 5.25. The SMILES string of the molecule is CC(C)[C@@H]1NC(=O)[C@@H]2[C@H](C)CCN2C(=O)NC(=NC(C(=O)NC(C(=O)N[C@H](CC2SCCS2)c2nccs2)[C@@H](C)c2ccccc2)C(C)(C)C)C(C(C)(C)C)NC1=O. The first-order valence-electron chi connectivity index (χ1n) is 20.3. The van der Waals surface area contributed by atoms with Crippen molar-refractivity contribution in [2.75, 3.05) is 18.1 Å². The zero-order chi connectivity index (χ0) is 42.5. The second-order valence-corrected chi connectivity index (χ2v) is 22.0. The fourth-order valence-corrected chi connectivity index (χ4v) is 11.3. The van der Waals surface area contributed by atoms with E-state index >= 15 is 0 Å². The third kappa shape index (κ3) is 11.1. The van der Waals surface area contributed by atoms with E-state index in [0.29, 0.717) is 24.0 Å². The Morgan fingerprint density at radius 2 is 1.62 bits per heavy atom. The molecule has 3 aliphatic heterocycles. The standard InChI is InChI=1S/C42H62N8O5S3/c1-23(2)29-35(51)48-32(41(5,6)7)34(49-40(55)50-18-16-24(3)31(50)37(53)45-29)47-33(42(8,9)10)38(54)46-30(25(4)26-14-12-11-13-15-26)36(52)44-27(39-43-17-19-58-39)22-28-56-20-21-57-28/h11-15,17,19,23-25,27-33H,16,18,20-22H2,1-10H3,(H,44,52)(H,45,53)(H,46,54)(H,48,51)(H,47,49,55)/t24-,25+,27-,29+,30?,31+,32?,33?/m1/s1. The summed E-state index contributed by atoms with van der Waals surface area (Å²) in [5, 5.41) is 18.1. The number of hydrogen-bond donors (Lipinski definition) is 5. The number of nitrogens with one attached hydrogen (secondary N) is 5. The number of hydrogen-bond acceptors (Lipinski definition) is 10. The molecule has 3 fully saturated rings. The van der Waals surface area contributed by atoms with Crippen LogP contribution in [0.2, 0.25) is 0 Å². The van der Waals surface area contributed by atoms with Crippen LogP contribution in [-0.4, -0.2) is 98.2 Å². The molecule has 6 amide bonds. The first kappa shape index (κ1) is 45.5. The second kappa shape index (κ2) is 19.2. The van der Waals surface area contributed by atoms with E-state index in [4.69, 9.17) is 4.99 Å². The Bertz CT molecular complexity index is 1790. The number of aromatic nitrogens is 1. The lowest BCUT2D eigenvalue weighted by Gasteiger charge is -2.36. The molecule has 0 bridgehead atoms. The number of carbonyl (C=O) groups excluding carboxylic acids is 5. The van der Waals surface area contributed by atoms with Gasteiger partial charge in [-0.25, -0.2) is 9.78 Å². The molecular formula is C42H62N8O5S3. The van der Waals surface area contributed by atoms with Crippen LogP contribution in [-0.2, 0) is 19.2 Å². The molecule has 13 nitrogen and oxygen atoms in total. The Morgan fingerprint density at radius 1 is 0.948 bits per heavy atom. The fraction of sp³-hybridized carbons (Fsp3) is 0.643. The molecule has 1 aromatic heterocycles. The third-order valence-corrected chi connectivity index (χ3v) is 15.0. The van der Waals surface area contributed by atoms with E-state index < -0.39 is 64.8 Å². The Hall–Kier alpha value is -3.63. The highest BCUT2D eigenvalue weighted by molar-refractivity contribution is 8.20. The molecule has 0 saturated carbocycles. The molecule has 4 heterocycles. The lowest BCUT2D eigenvalue weighted by atomic mass is 9.83. The van der Waals surface area contributed by atoms with Crippen molar-refractivity contribution < 1.29 is 24.0 Å². The van der Waals surface area contributed by atoms with E-state index in [1.165, 1.54) is 16.2 Å². The Kier molecular flexibility index (Phi) is 15.0. The number of thiazole rings is 1. The highest BCUT2D eigenvalue weighted by Crippen LogP contribution is 2.39. The Balaban J connectivity index is 1.55. The average molecular weight is 855 g/mol. The van der Waals surface area contributed by atoms with Crippen LogP contribution in [0.1, 0.15) is 105 Å². The number of benzene rings is 1. The number of thioether (sulfide) groups is 2. The summed E-state index contributed by atoms with van der Waals surface area (Å²) < 4.78 is 0.312. The molecule has 5 rings (SSSR count). The number of fused-ring (bicyclic) bond motifs is 1. The summed E-state index contributed by atoms with van der Waals surface area (Å²) in [6, 6.07) is 4.06. The van der Waals surface area contributed by atoms with Gasteiger partial charge in [-0.15, -0.1) is 34.9 Å². The van der Waals surface area contributed by atoms with Gasteiger partial charge in [0.25, 0.3) is 0 Å². The van der Waals surface area contributed by atoms with Crippen molar-refractivity contribution in [3.05, 3.63) is 52.5 Å². The van der Waals surface area contributed by atoms with Gasteiger partial charge in [-0.05, 0) is 41.1 Å². The van der Waals surface area contributed by atoms with Gasteiger partial charge in [0, 0.05) is 35.5 Å². The lowest BCUT2D eigenvalue weighted by molar-refractivity contribution is -0.132. The number of nitrogens with zero attached hydrogens (tertiary/aromatic N) is 3. The topological polar surface area (TPSA) is 174 Å². The van der Waals surface area contributed by atoms with Crippen LogP contribution < -0.4 is 26.6 Å². The molecular weight excluding hydrogens is 793 g/mol. The van der Waals surface area contributed by atoms with E-state index in [1.54, 1.807) is 6.20 Å². The molecule has 5 N–H and O–H groups in total. The number of urea groups is 1. The molecule has 3 aliphatic rings. The van der Waals surface area contributed by atoms with Crippen LogP contribution >= 0.6 is 34.9 Å². The minimum absolute atomic E-state index is 0.101. The van der Waals surface area contributed by atoms with Gasteiger partial charge in [-0.1, -0.05) is 99.6 Å². The van der Waals surface area contributed by atoms with Gasteiger partial charge in [-0.2, -0.15) is 0 Å². The number of aliphatic imine (C=N–C) groups is 1. The van der Waals surface area contributed by atoms with Crippen LogP contribution in [0, 0.1) is 22.7 Å². The van der Waals surface area contributed by atoms with Gasteiger partial charge in [0.05, 0.1) is 16.7 Å². The van der Waals surface area contributed by atoms with Crippen molar-refractivity contribution in [2.45, 2.75) is 129 Å². The minimum Gasteiger partial charge on any atom is -0.345 e. The van der Waals surface area contributed by atoms with Gasteiger partial charge in [0.15, 0.2) is 0 Å². The second-order valence-electron chi connectivity index (χ2n) is 18.2. The maximum atomic E-state index is 14.9. The summed E-state index contributed by atoms with van der Waals surface area (Å²) in [6.45, 7) is 19.3. The predicted molar refractivity (Wildman–Crippen MR) is 235 cm³/mol. The summed E-state index contributed by atoms with van der Waals surface area (Å²) in [5.41, 5.74) is -0.651. The predicted octanol–water partition coefficient (Wildman–Crippen LogP) is 5.70. The summed E-state index contributed by atoms with van der Waals surface area (Å²) in [7, 11) is 0. The zero-order valence-electron chi connectivity index (χ0n) is 35.5. The first-order chi connectivity index (χ1) is 27.3. The van der Waals surface area contributed by atoms with E-state index in [9.17, 15) is 24.0 Å². The largest absolute Gasteiger partial charge is 0.345 e. The maximum absolute atomic E-state index is 14.9. The van der Waals surface area contributed by atoms with Gasteiger partial charge >= 0.3 is 6.03 Å². The number of amides is 6. The molecule has 16 heteroatoms. The van der Waals surface area contributed by atoms with E-state index in [2.05, 4.69) is 31.6 Å². The Morgan fingerprint density at radius 3 is 2.21 bits per heavy atom. The Labute approximate surface area is 356 Å². The van der Waals surface area contributed by atoms with Crippen molar-refractivity contribution in [3.63, 3.8) is 0 Å². The zero-order valence-corrected chi connectivity index (χ0v) is 37.9. The summed E-state index contributed by atoms with van der Waals surface area (Å²) in [4.78, 5) is 82.6. The van der Waals surface area contributed by atoms with Crippen molar-refractivity contribution >= 4 is 70.4 Å². The molecule has 2 aromatic rings. The molecule has 0 spiro atoms. The van der Waals surface area contributed by atoms with Crippen LogP contribution in [0.25, 0.3) is 0 Å². The van der Waals surface area contributed by atoms with Gasteiger partial charge in [0.2, 0.25) is 23.6 Å². The maximum Gasteiger partial charge on any atom is 0.323 e.